The predicted molar refractivity (Wildman–Crippen MR) is 198 cm³/mol. The lowest BCUT2D eigenvalue weighted by molar-refractivity contribution is 0.415. The van der Waals surface area contributed by atoms with E-state index in [4.69, 9.17) is 17.7 Å². The molecule has 7 aromatic rings. The van der Waals surface area contributed by atoms with Crippen LogP contribution < -0.4 is 38.5 Å². The van der Waals surface area contributed by atoms with Crippen LogP contribution in [0.15, 0.2) is 206 Å². The topological polar surface area (TPSA) is 36.9 Å². The fourth-order valence-corrected chi connectivity index (χ4v) is 11.7. The van der Waals surface area contributed by atoms with Crippen molar-refractivity contribution in [1.82, 2.24) is 0 Å². The summed E-state index contributed by atoms with van der Waals surface area (Å²) in [6, 6.07) is 68.5. The summed E-state index contributed by atoms with van der Waals surface area (Å²) in [5.41, 5.74) is 0. The van der Waals surface area contributed by atoms with E-state index in [2.05, 4.69) is 48.5 Å². The Morgan fingerprint density at radius 1 is 0.208 bits per heavy atom. The van der Waals surface area contributed by atoms with Gasteiger partial charge in [-0.25, -0.2) is 0 Å². The molecule has 0 fully saturated rings. The van der Waals surface area contributed by atoms with Gasteiger partial charge >= 0.3 is 17.1 Å². The van der Waals surface area contributed by atoms with E-state index >= 15 is 0 Å². The lowest BCUT2D eigenvalue weighted by atomic mass is 10.3. The van der Waals surface area contributed by atoms with E-state index in [0.717, 1.165) is 43.7 Å². The monoisotopic (exact) mass is 658 g/mol. The molecule has 0 saturated carbocycles. The standard InChI is InChI=1S/C42H34O4Si2/c1-7-19-35(20-8-1)43-47(39-27-15-5-16-28-39,44-36-21-9-2-10-22-36)41-31-33-42(34-32-41)48(40-29-17-6-18-30-40,45-37-23-11-3-12-24-37)46-38-25-13-4-14-26-38/h1-34H. The van der Waals surface area contributed by atoms with Crippen molar-refractivity contribution < 1.29 is 17.7 Å². The molecule has 7 aromatic carbocycles. The first-order chi connectivity index (χ1) is 23.7. The van der Waals surface area contributed by atoms with E-state index in [1.54, 1.807) is 0 Å². The summed E-state index contributed by atoms with van der Waals surface area (Å²) in [5.74, 6) is 2.95. The Kier molecular flexibility index (Phi) is 9.18. The molecule has 0 aliphatic heterocycles. The molecule has 0 N–H and O–H groups in total. The summed E-state index contributed by atoms with van der Waals surface area (Å²) in [4.78, 5) is 0. The quantitative estimate of drug-likeness (QED) is 0.131. The summed E-state index contributed by atoms with van der Waals surface area (Å²) in [6.07, 6.45) is 0. The van der Waals surface area contributed by atoms with Crippen LogP contribution in [-0.4, -0.2) is 17.1 Å². The van der Waals surface area contributed by atoms with E-state index in [1.807, 2.05) is 158 Å². The van der Waals surface area contributed by atoms with E-state index in [0.29, 0.717) is 0 Å². The maximum absolute atomic E-state index is 7.05. The Morgan fingerprint density at radius 3 is 0.625 bits per heavy atom. The largest absolute Gasteiger partial charge is 0.531 e. The second kappa shape index (κ2) is 14.3. The molecule has 234 valence electrons. The highest BCUT2D eigenvalue weighted by Gasteiger charge is 2.50. The maximum atomic E-state index is 7.05. The van der Waals surface area contributed by atoms with Crippen LogP contribution in [0.4, 0.5) is 0 Å². The van der Waals surface area contributed by atoms with Crippen LogP contribution in [-0.2, 0) is 0 Å². The fraction of sp³-hybridized carbons (Fsp3) is 0. The van der Waals surface area contributed by atoms with Gasteiger partial charge < -0.3 is 17.7 Å². The highest BCUT2D eigenvalue weighted by molar-refractivity contribution is 6.95. The third kappa shape index (κ3) is 6.67. The Balaban J connectivity index is 1.41. The molecule has 0 aliphatic carbocycles. The van der Waals surface area contributed by atoms with Gasteiger partial charge in [-0.1, -0.05) is 158 Å². The van der Waals surface area contributed by atoms with Gasteiger partial charge in [-0.15, -0.1) is 0 Å². The molecule has 0 atom stereocenters. The normalized spacial score (nSPS) is 11.3. The van der Waals surface area contributed by atoms with Gasteiger partial charge in [-0.3, -0.25) is 0 Å². The molecule has 4 nitrogen and oxygen atoms in total. The van der Waals surface area contributed by atoms with Gasteiger partial charge in [0.25, 0.3) is 0 Å². The van der Waals surface area contributed by atoms with Crippen LogP contribution in [0.3, 0.4) is 0 Å². The molecular formula is C42H34O4Si2. The van der Waals surface area contributed by atoms with Crippen LogP contribution in [0.1, 0.15) is 0 Å². The minimum Gasteiger partial charge on any atom is -0.506 e. The minimum absolute atomic E-state index is 0.737. The van der Waals surface area contributed by atoms with Crippen molar-refractivity contribution in [3.05, 3.63) is 206 Å². The molecule has 0 spiro atoms. The number of hydrogen-bond acceptors (Lipinski definition) is 4. The molecule has 0 heterocycles. The first kappa shape index (κ1) is 30.8. The molecule has 6 heteroatoms. The van der Waals surface area contributed by atoms with Gasteiger partial charge in [0, 0.05) is 20.7 Å². The molecule has 0 bridgehead atoms. The first-order valence-electron chi connectivity index (χ1n) is 15.9. The molecule has 0 radical (unpaired) electrons. The third-order valence-electron chi connectivity index (χ3n) is 7.97. The molecule has 0 saturated heterocycles. The Morgan fingerprint density at radius 2 is 0.396 bits per heavy atom. The van der Waals surface area contributed by atoms with E-state index in [-0.39, 0.29) is 0 Å². The number of rotatable bonds is 12. The van der Waals surface area contributed by atoms with E-state index in [1.165, 1.54) is 0 Å². The van der Waals surface area contributed by atoms with Gasteiger partial charge in [-0.2, -0.15) is 0 Å². The summed E-state index contributed by atoms with van der Waals surface area (Å²) in [6.45, 7) is 0. The number of benzene rings is 7. The Hall–Kier alpha value is -5.83. The zero-order chi connectivity index (χ0) is 32.5. The van der Waals surface area contributed by atoms with Crippen LogP contribution in [0.25, 0.3) is 0 Å². The lowest BCUT2D eigenvalue weighted by Crippen LogP contribution is -2.70. The highest BCUT2D eigenvalue weighted by atomic mass is 28.4. The van der Waals surface area contributed by atoms with Crippen LogP contribution >= 0.6 is 0 Å². The van der Waals surface area contributed by atoms with Crippen molar-refractivity contribution in [2.24, 2.45) is 0 Å². The van der Waals surface area contributed by atoms with Crippen molar-refractivity contribution in [3.63, 3.8) is 0 Å². The smallest absolute Gasteiger partial charge is 0.506 e. The van der Waals surface area contributed by atoms with Crippen LogP contribution in [0.2, 0.25) is 0 Å². The van der Waals surface area contributed by atoms with Gasteiger partial charge in [0.2, 0.25) is 0 Å². The van der Waals surface area contributed by atoms with E-state index in [9.17, 15) is 0 Å². The zero-order valence-corrected chi connectivity index (χ0v) is 28.3. The predicted octanol–water partition coefficient (Wildman–Crippen LogP) is 7.12. The van der Waals surface area contributed by atoms with Gasteiger partial charge in [0.15, 0.2) is 0 Å². The maximum Gasteiger partial charge on any atom is 0.531 e. The summed E-state index contributed by atoms with van der Waals surface area (Å²) >= 11 is 0. The van der Waals surface area contributed by atoms with Crippen molar-refractivity contribution in [2.75, 3.05) is 0 Å². The number of hydrogen-bond donors (Lipinski definition) is 0. The summed E-state index contributed by atoms with van der Waals surface area (Å²) in [7, 11) is -6.81. The molecular weight excluding hydrogens is 625 g/mol. The molecule has 0 unspecified atom stereocenters. The average Bonchev–Trinajstić information content (AvgIpc) is 3.17. The number of para-hydroxylation sites is 4. The second-order valence-electron chi connectivity index (χ2n) is 11.2. The summed E-state index contributed by atoms with van der Waals surface area (Å²) < 4.78 is 28.2. The molecule has 48 heavy (non-hydrogen) atoms. The molecule has 0 aliphatic rings. The second-order valence-corrected chi connectivity index (χ2v) is 16.8. The third-order valence-corrected chi connectivity index (χ3v) is 14.4. The van der Waals surface area contributed by atoms with Crippen molar-refractivity contribution in [3.8, 4) is 23.0 Å². The minimum atomic E-state index is -3.41. The van der Waals surface area contributed by atoms with Crippen LogP contribution in [0.5, 0.6) is 23.0 Å². The van der Waals surface area contributed by atoms with Crippen molar-refractivity contribution in [1.29, 1.82) is 0 Å². The first-order valence-corrected chi connectivity index (χ1v) is 19.6. The summed E-state index contributed by atoms with van der Waals surface area (Å²) in [5, 5.41) is 3.86. The molecule has 0 aromatic heterocycles. The molecule has 7 rings (SSSR count). The van der Waals surface area contributed by atoms with Crippen molar-refractivity contribution >= 4 is 37.9 Å². The van der Waals surface area contributed by atoms with Crippen LogP contribution in [0, 0.1) is 0 Å². The van der Waals surface area contributed by atoms with Crippen molar-refractivity contribution in [2.45, 2.75) is 0 Å². The van der Waals surface area contributed by atoms with Gasteiger partial charge in [0.05, 0.1) is 0 Å². The highest BCUT2D eigenvalue weighted by Crippen LogP contribution is 2.24. The fourth-order valence-electron chi connectivity index (χ4n) is 5.69. The SMILES string of the molecule is c1ccc(O[Si](Oc2ccccc2)(c2ccccc2)c2ccc([Si](Oc3ccccc3)(Oc3ccccc3)c3ccccc3)cc2)cc1. The molecule has 0 amide bonds. The Bertz CT molecular complexity index is 1760. The Labute approximate surface area is 283 Å². The zero-order valence-electron chi connectivity index (χ0n) is 26.3. The average molecular weight is 659 g/mol. The lowest BCUT2D eigenvalue weighted by Gasteiger charge is -2.34. The van der Waals surface area contributed by atoms with Gasteiger partial charge in [0.1, 0.15) is 23.0 Å². The van der Waals surface area contributed by atoms with E-state index < -0.39 is 17.1 Å². The van der Waals surface area contributed by atoms with Gasteiger partial charge in [-0.05, 0) is 48.5 Å².